The Balaban J connectivity index is 3.49. The van der Waals surface area contributed by atoms with Crippen molar-refractivity contribution < 1.29 is 27.1 Å². The summed E-state index contributed by atoms with van der Waals surface area (Å²) in [4.78, 5) is 9.83. The van der Waals surface area contributed by atoms with Crippen molar-refractivity contribution in [3.05, 3.63) is 29.3 Å². The smallest absolute Gasteiger partial charge is 0.335 e. The molecule has 0 amide bonds. The molecule has 0 aliphatic heterocycles. The number of carboxylic acid groups (broad SMARTS) is 1. The fourth-order valence-electron chi connectivity index (χ4n) is 1.52. The molecule has 1 atom stereocenters. The van der Waals surface area contributed by atoms with Crippen LogP contribution in [0.3, 0.4) is 0 Å². The Hall–Kier alpha value is -1.54. The number of sulfonamides is 1. The molecule has 0 spiro atoms. The largest absolute Gasteiger partial charge is 0.478 e. The molecule has 1 aromatic carbocycles. The minimum absolute atomic E-state index is 0.434. The van der Waals surface area contributed by atoms with Gasteiger partial charge in [-0.3, -0.25) is 0 Å². The van der Waals surface area contributed by atoms with Crippen molar-refractivity contribution in [1.29, 1.82) is 0 Å². The van der Waals surface area contributed by atoms with Crippen molar-refractivity contribution in [3.63, 3.8) is 0 Å². The molecular weight excluding hydrogens is 292 g/mol. The van der Waals surface area contributed by atoms with Gasteiger partial charge in [-0.1, -0.05) is 6.92 Å². The molecule has 112 valence electrons. The van der Waals surface area contributed by atoms with E-state index in [1.54, 1.807) is 13.8 Å². The molecule has 0 fully saturated rings. The number of aromatic carboxylic acids is 1. The van der Waals surface area contributed by atoms with E-state index < -0.39 is 44.1 Å². The summed E-state index contributed by atoms with van der Waals surface area (Å²) in [7, 11) is -3.07. The molecule has 0 aliphatic rings. The van der Waals surface area contributed by atoms with E-state index in [1.807, 2.05) is 0 Å². The summed E-state index contributed by atoms with van der Waals surface area (Å²) in [6.07, 6.45) is 0.471. The maximum Gasteiger partial charge on any atom is 0.335 e. The van der Waals surface area contributed by atoms with Crippen LogP contribution in [0.2, 0.25) is 0 Å². The van der Waals surface area contributed by atoms with Crippen LogP contribution >= 0.6 is 0 Å². The third kappa shape index (κ3) is 2.96. The molecule has 0 heterocycles. The standard InChI is InChI=1S/C12H15F2NO4S/c1-4-7(2)15(3)20(18,19)10-6-8(12(16)17)5-9(13)11(10)14/h5-7H,4H2,1-3H3,(H,16,17). The predicted molar refractivity (Wildman–Crippen MR) is 68.0 cm³/mol. The van der Waals surface area contributed by atoms with Crippen molar-refractivity contribution in [1.82, 2.24) is 4.31 Å². The van der Waals surface area contributed by atoms with Crippen molar-refractivity contribution >= 4 is 16.0 Å². The van der Waals surface area contributed by atoms with Gasteiger partial charge in [0.25, 0.3) is 0 Å². The lowest BCUT2D eigenvalue weighted by Crippen LogP contribution is -2.35. The number of halogens is 2. The van der Waals surface area contributed by atoms with Gasteiger partial charge >= 0.3 is 5.97 Å². The first-order valence-corrected chi connectivity index (χ1v) is 7.27. The van der Waals surface area contributed by atoms with Gasteiger partial charge in [0.15, 0.2) is 11.6 Å². The van der Waals surface area contributed by atoms with Gasteiger partial charge in [-0.15, -0.1) is 0 Å². The molecule has 0 radical (unpaired) electrons. The Morgan fingerprint density at radius 2 is 1.95 bits per heavy atom. The van der Waals surface area contributed by atoms with E-state index >= 15 is 0 Å². The lowest BCUT2D eigenvalue weighted by molar-refractivity contribution is 0.0696. The highest BCUT2D eigenvalue weighted by atomic mass is 32.2. The number of benzene rings is 1. The quantitative estimate of drug-likeness (QED) is 0.904. The van der Waals surface area contributed by atoms with E-state index in [-0.39, 0.29) is 0 Å². The van der Waals surface area contributed by atoms with E-state index in [0.717, 1.165) is 4.31 Å². The number of rotatable bonds is 5. The Morgan fingerprint density at radius 1 is 1.40 bits per heavy atom. The minimum Gasteiger partial charge on any atom is -0.478 e. The summed E-state index contributed by atoms with van der Waals surface area (Å²) in [5.74, 6) is -4.63. The van der Waals surface area contributed by atoms with Gasteiger partial charge in [-0.2, -0.15) is 4.31 Å². The van der Waals surface area contributed by atoms with Crippen LogP contribution in [0.1, 0.15) is 30.6 Å². The zero-order valence-corrected chi connectivity index (χ0v) is 12.0. The normalized spacial score (nSPS) is 13.5. The SMILES string of the molecule is CCC(C)N(C)S(=O)(=O)c1cc(C(=O)O)cc(F)c1F. The summed E-state index contributed by atoms with van der Waals surface area (Å²) in [6, 6.07) is 0.630. The zero-order valence-electron chi connectivity index (χ0n) is 11.2. The summed E-state index contributed by atoms with van der Waals surface area (Å²) in [6.45, 7) is 3.34. The average Bonchev–Trinajstić information content (AvgIpc) is 2.39. The topological polar surface area (TPSA) is 74.7 Å². The van der Waals surface area contributed by atoms with E-state index in [4.69, 9.17) is 5.11 Å². The molecule has 0 aliphatic carbocycles. The van der Waals surface area contributed by atoms with Gasteiger partial charge in [0.05, 0.1) is 5.56 Å². The predicted octanol–water partition coefficient (Wildman–Crippen LogP) is 2.08. The van der Waals surface area contributed by atoms with Gasteiger partial charge in [0.2, 0.25) is 10.0 Å². The van der Waals surface area contributed by atoms with E-state index in [2.05, 4.69) is 0 Å². The first-order valence-electron chi connectivity index (χ1n) is 5.83. The third-order valence-corrected chi connectivity index (χ3v) is 5.08. The lowest BCUT2D eigenvalue weighted by Gasteiger charge is -2.23. The molecule has 0 aromatic heterocycles. The van der Waals surface area contributed by atoms with E-state index in [0.29, 0.717) is 18.6 Å². The van der Waals surface area contributed by atoms with Gasteiger partial charge in [0.1, 0.15) is 4.90 Å². The molecule has 8 heteroatoms. The molecular formula is C12H15F2NO4S. The highest BCUT2D eigenvalue weighted by molar-refractivity contribution is 7.89. The molecule has 1 aromatic rings. The van der Waals surface area contributed by atoms with Crippen LogP contribution in [0.15, 0.2) is 17.0 Å². The van der Waals surface area contributed by atoms with Crippen LogP contribution in [0, 0.1) is 11.6 Å². The summed E-state index contributed by atoms with van der Waals surface area (Å²) in [5, 5.41) is 8.79. The Bertz CT molecular complexity index is 631. The van der Waals surface area contributed by atoms with Crippen molar-refractivity contribution in [2.75, 3.05) is 7.05 Å². The second-order valence-electron chi connectivity index (χ2n) is 4.35. The first-order chi connectivity index (χ1) is 9.12. The fraction of sp³-hybridized carbons (Fsp3) is 0.417. The molecule has 1 rings (SSSR count). The fourth-order valence-corrected chi connectivity index (χ4v) is 3.06. The van der Waals surface area contributed by atoms with Crippen LogP contribution in [0.4, 0.5) is 8.78 Å². The molecule has 1 N–H and O–H groups in total. The molecule has 1 unspecified atom stereocenters. The molecule has 0 saturated carbocycles. The molecule has 5 nitrogen and oxygen atoms in total. The summed E-state index contributed by atoms with van der Waals surface area (Å²) < 4.78 is 52.3. The van der Waals surface area contributed by atoms with Gasteiger partial charge < -0.3 is 5.11 Å². The third-order valence-electron chi connectivity index (χ3n) is 3.11. The van der Waals surface area contributed by atoms with Gasteiger partial charge in [0, 0.05) is 13.1 Å². The summed E-state index contributed by atoms with van der Waals surface area (Å²) in [5.41, 5.74) is -0.625. The van der Waals surface area contributed by atoms with Crippen LogP contribution < -0.4 is 0 Å². The zero-order chi connectivity index (χ0) is 15.7. The molecule has 0 saturated heterocycles. The number of carboxylic acids is 1. The molecule has 20 heavy (non-hydrogen) atoms. The van der Waals surface area contributed by atoms with Crippen molar-refractivity contribution in [2.24, 2.45) is 0 Å². The van der Waals surface area contributed by atoms with Crippen LogP contribution in [0.5, 0.6) is 0 Å². The Kier molecular flexibility index (Phi) is 4.82. The van der Waals surface area contributed by atoms with Crippen molar-refractivity contribution in [2.45, 2.75) is 31.2 Å². The second kappa shape index (κ2) is 5.84. The van der Waals surface area contributed by atoms with Gasteiger partial charge in [-0.05, 0) is 25.5 Å². The van der Waals surface area contributed by atoms with Crippen molar-refractivity contribution in [3.8, 4) is 0 Å². The highest BCUT2D eigenvalue weighted by Crippen LogP contribution is 2.24. The highest BCUT2D eigenvalue weighted by Gasteiger charge is 2.30. The second-order valence-corrected chi connectivity index (χ2v) is 6.32. The minimum atomic E-state index is -4.30. The lowest BCUT2D eigenvalue weighted by atomic mass is 10.2. The number of hydrogen-bond acceptors (Lipinski definition) is 3. The van der Waals surface area contributed by atoms with Gasteiger partial charge in [-0.25, -0.2) is 22.0 Å². The maximum atomic E-state index is 13.7. The number of hydrogen-bond donors (Lipinski definition) is 1. The maximum absolute atomic E-state index is 13.7. The average molecular weight is 307 g/mol. The van der Waals surface area contributed by atoms with E-state index in [9.17, 15) is 22.0 Å². The number of nitrogens with zero attached hydrogens (tertiary/aromatic N) is 1. The first kappa shape index (κ1) is 16.5. The Morgan fingerprint density at radius 3 is 2.40 bits per heavy atom. The monoisotopic (exact) mass is 307 g/mol. The Labute approximate surface area is 115 Å². The van der Waals surface area contributed by atoms with Crippen LogP contribution in [0.25, 0.3) is 0 Å². The molecule has 0 bridgehead atoms. The number of carbonyl (C=O) groups is 1. The van der Waals surface area contributed by atoms with Crippen LogP contribution in [-0.4, -0.2) is 36.9 Å². The summed E-state index contributed by atoms with van der Waals surface area (Å²) >= 11 is 0. The van der Waals surface area contributed by atoms with Crippen LogP contribution in [-0.2, 0) is 10.0 Å². The van der Waals surface area contributed by atoms with E-state index in [1.165, 1.54) is 7.05 Å².